The van der Waals surface area contributed by atoms with Gasteiger partial charge in [0.25, 0.3) is 0 Å². The molecule has 0 fully saturated rings. The van der Waals surface area contributed by atoms with E-state index in [0.717, 1.165) is 0 Å². The van der Waals surface area contributed by atoms with E-state index in [1.54, 1.807) is 0 Å². The summed E-state index contributed by atoms with van der Waals surface area (Å²) in [5.74, 6) is 1.72. The van der Waals surface area contributed by atoms with Crippen molar-refractivity contribution in [2.75, 3.05) is 0 Å². The third-order valence-corrected chi connectivity index (χ3v) is 6.59. The molecule has 1 aromatic carbocycles. The average Bonchev–Trinajstić information content (AvgIpc) is 2.72. The van der Waals surface area contributed by atoms with Gasteiger partial charge < -0.3 is 5.11 Å². The first-order valence-electron chi connectivity index (χ1n) is 13.0. The molecule has 1 heteroatoms. The van der Waals surface area contributed by atoms with Gasteiger partial charge in [0.2, 0.25) is 0 Å². The SMILES string of the molecule is CCCCCC(CCCCC)c1cccc(O)c1C(CCCCC)CCCCC. The van der Waals surface area contributed by atoms with Crippen LogP contribution in [0, 0.1) is 0 Å². The maximum atomic E-state index is 11.0. The Morgan fingerprint density at radius 1 is 0.586 bits per heavy atom. The first kappa shape index (κ1) is 26.1. The third kappa shape index (κ3) is 10.1. The summed E-state index contributed by atoms with van der Waals surface area (Å²) in [4.78, 5) is 0. The van der Waals surface area contributed by atoms with Crippen LogP contribution >= 0.6 is 0 Å². The number of aromatic hydroxyl groups is 1. The molecule has 1 rings (SSSR count). The standard InChI is InChI=1S/C28H50O/c1-5-9-13-18-24(19-14-10-6-2)26-22-17-23-27(29)28(26)25(20-15-11-7-3)21-16-12-8-4/h17,22-25,29H,5-16,18-21H2,1-4H3. The summed E-state index contributed by atoms with van der Waals surface area (Å²) >= 11 is 0. The van der Waals surface area contributed by atoms with Crippen molar-refractivity contribution < 1.29 is 5.11 Å². The molecule has 0 saturated carbocycles. The number of benzene rings is 1. The van der Waals surface area contributed by atoms with Crippen LogP contribution in [0.15, 0.2) is 18.2 Å². The van der Waals surface area contributed by atoms with Gasteiger partial charge in [-0.15, -0.1) is 0 Å². The van der Waals surface area contributed by atoms with Crippen LogP contribution in [0.3, 0.4) is 0 Å². The van der Waals surface area contributed by atoms with Crippen LogP contribution < -0.4 is 0 Å². The lowest BCUT2D eigenvalue weighted by molar-refractivity contribution is 0.431. The van der Waals surface area contributed by atoms with Crippen molar-refractivity contribution in [2.45, 2.75) is 142 Å². The van der Waals surface area contributed by atoms with Gasteiger partial charge in [-0.1, -0.05) is 117 Å². The average molecular weight is 403 g/mol. The lowest BCUT2D eigenvalue weighted by atomic mass is 9.78. The maximum absolute atomic E-state index is 11.0. The molecule has 0 atom stereocenters. The molecule has 0 aromatic heterocycles. The van der Waals surface area contributed by atoms with Gasteiger partial charge in [0.05, 0.1) is 0 Å². The Hall–Kier alpha value is -0.980. The molecule has 0 spiro atoms. The van der Waals surface area contributed by atoms with Crippen molar-refractivity contribution in [2.24, 2.45) is 0 Å². The quantitative estimate of drug-likeness (QED) is 0.242. The Bertz CT molecular complexity index is 487. The summed E-state index contributed by atoms with van der Waals surface area (Å²) in [6.45, 7) is 9.16. The van der Waals surface area contributed by atoms with E-state index >= 15 is 0 Å². The molecule has 0 bridgehead atoms. The Morgan fingerprint density at radius 3 is 1.41 bits per heavy atom. The van der Waals surface area contributed by atoms with E-state index in [2.05, 4.69) is 39.8 Å². The van der Waals surface area contributed by atoms with Gasteiger partial charge in [-0.25, -0.2) is 0 Å². The summed E-state index contributed by atoms with van der Waals surface area (Å²) in [6.07, 6.45) is 20.6. The third-order valence-electron chi connectivity index (χ3n) is 6.59. The van der Waals surface area contributed by atoms with E-state index in [1.807, 2.05) is 6.07 Å². The van der Waals surface area contributed by atoms with Crippen LogP contribution in [0.4, 0.5) is 0 Å². The molecule has 0 heterocycles. The normalized spacial score (nSPS) is 11.7. The molecule has 0 aliphatic heterocycles. The Kier molecular flexibility index (Phi) is 15.1. The topological polar surface area (TPSA) is 20.2 Å². The van der Waals surface area contributed by atoms with E-state index in [0.29, 0.717) is 17.6 Å². The second-order valence-corrected chi connectivity index (χ2v) is 9.16. The van der Waals surface area contributed by atoms with Gasteiger partial charge in [0, 0.05) is 5.56 Å². The van der Waals surface area contributed by atoms with E-state index in [1.165, 1.54) is 114 Å². The van der Waals surface area contributed by atoms with Crippen LogP contribution in [0.25, 0.3) is 0 Å². The van der Waals surface area contributed by atoms with Gasteiger partial charge in [-0.2, -0.15) is 0 Å². The van der Waals surface area contributed by atoms with Crippen LogP contribution in [-0.2, 0) is 0 Å². The van der Waals surface area contributed by atoms with Crippen molar-refractivity contribution in [3.05, 3.63) is 29.3 Å². The van der Waals surface area contributed by atoms with Gasteiger partial charge in [0.1, 0.15) is 5.75 Å². The van der Waals surface area contributed by atoms with Crippen LogP contribution in [-0.4, -0.2) is 5.11 Å². The molecule has 168 valence electrons. The zero-order chi connectivity index (χ0) is 21.3. The number of hydrogen-bond acceptors (Lipinski definition) is 1. The second-order valence-electron chi connectivity index (χ2n) is 9.16. The molecule has 0 amide bonds. The summed E-state index contributed by atoms with van der Waals surface area (Å²) in [5.41, 5.74) is 2.80. The van der Waals surface area contributed by atoms with Crippen molar-refractivity contribution >= 4 is 0 Å². The van der Waals surface area contributed by atoms with E-state index in [-0.39, 0.29) is 0 Å². The fourth-order valence-corrected chi connectivity index (χ4v) is 4.82. The van der Waals surface area contributed by atoms with Gasteiger partial charge in [-0.05, 0) is 49.1 Å². The van der Waals surface area contributed by atoms with Crippen molar-refractivity contribution in [1.82, 2.24) is 0 Å². The lowest BCUT2D eigenvalue weighted by Gasteiger charge is -2.27. The molecule has 0 saturated heterocycles. The van der Waals surface area contributed by atoms with Crippen molar-refractivity contribution in [1.29, 1.82) is 0 Å². The highest BCUT2D eigenvalue weighted by molar-refractivity contribution is 5.44. The molecule has 0 radical (unpaired) electrons. The zero-order valence-electron chi connectivity index (χ0n) is 20.1. The first-order valence-corrected chi connectivity index (χ1v) is 13.0. The summed E-state index contributed by atoms with van der Waals surface area (Å²) in [7, 11) is 0. The molecule has 29 heavy (non-hydrogen) atoms. The number of phenolic OH excluding ortho intramolecular Hbond substituents is 1. The summed E-state index contributed by atoms with van der Waals surface area (Å²) < 4.78 is 0. The summed E-state index contributed by atoms with van der Waals surface area (Å²) in [5, 5.41) is 11.0. The van der Waals surface area contributed by atoms with Gasteiger partial charge >= 0.3 is 0 Å². The molecule has 1 N–H and O–H groups in total. The maximum Gasteiger partial charge on any atom is 0.119 e. The van der Waals surface area contributed by atoms with Crippen LogP contribution in [0.1, 0.15) is 153 Å². The number of phenols is 1. The second kappa shape index (κ2) is 16.8. The van der Waals surface area contributed by atoms with Crippen LogP contribution in [0.5, 0.6) is 5.75 Å². The minimum atomic E-state index is 0.532. The molecule has 0 unspecified atom stereocenters. The van der Waals surface area contributed by atoms with E-state index in [9.17, 15) is 5.11 Å². The number of unbranched alkanes of at least 4 members (excludes halogenated alkanes) is 8. The lowest BCUT2D eigenvalue weighted by Crippen LogP contribution is -2.09. The molecule has 1 nitrogen and oxygen atoms in total. The fraction of sp³-hybridized carbons (Fsp3) is 0.786. The largest absolute Gasteiger partial charge is 0.508 e. The number of hydrogen-bond donors (Lipinski definition) is 1. The zero-order valence-corrected chi connectivity index (χ0v) is 20.1. The molecular weight excluding hydrogens is 352 g/mol. The molecule has 0 aliphatic rings. The fourth-order valence-electron chi connectivity index (χ4n) is 4.82. The first-order chi connectivity index (χ1) is 14.2. The summed E-state index contributed by atoms with van der Waals surface area (Å²) in [6, 6.07) is 6.39. The Morgan fingerprint density at radius 2 is 1.00 bits per heavy atom. The highest BCUT2D eigenvalue weighted by Crippen LogP contribution is 2.42. The van der Waals surface area contributed by atoms with Gasteiger partial charge in [-0.3, -0.25) is 0 Å². The molecular formula is C28H50O. The predicted molar refractivity (Wildman–Crippen MR) is 130 cm³/mol. The Balaban J connectivity index is 3.11. The minimum Gasteiger partial charge on any atom is -0.508 e. The minimum absolute atomic E-state index is 0.532. The smallest absolute Gasteiger partial charge is 0.119 e. The molecule has 1 aromatic rings. The molecule has 0 aliphatic carbocycles. The Labute approximate surface area is 182 Å². The van der Waals surface area contributed by atoms with Gasteiger partial charge in [0.15, 0.2) is 0 Å². The highest BCUT2D eigenvalue weighted by atomic mass is 16.3. The monoisotopic (exact) mass is 402 g/mol. The number of rotatable bonds is 18. The van der Waals surface area contributed by atoms with Crippen molar-refractivity contribution in [3.63, 3.8) is 0 Å². The van der Waals surface area contributed by atoms with Crippen molar-refractivity contribution in [3.8, 4) is 5.75 Å². The van der Waals surface area contributed by atoms with Crippen LogP contribution in [0.2, 0.25) is 0 Å². The predicted octanol–water partition coefficient (Wildman–Crippen LogP) is 9.88. The van der Waals surface area contributed by atoms with E-state index in [4.69, 9.17) is 0 Å². The van der Waals surface area contributed by atoms with E-state index < -0.39 is 0 Å². The highest BCUT2D eigenvalue weighted by Gasteiger charge is 2.23.